The number of nitrogens with one attached hydrogen (secondary N) is 1. The van der Waals surface area contributed by atoms with Crippen molar-refractivity contribution in [3.8, 4) is 5.75 Å². The average molecular weight is 285 g/mol. The highest BCUT2D eigenvalue weighted by Gasteiger charge is 2.29. The van der Waals surface area contributed by atoms with Crippen LogP contribution >= 0.6 is 0 Å². The molecule has 2 nitrogen and oxygen atoms in total. The zero-order valence-corrected chi connectivity index (χ0v) is 12.4. The van der Waals surface area contributed by atoms with Crippen LogP contribution < -0.4 is 10.1 Å². The number of ether oxygens (including phenoxy) is 1. The minimum absolute atomic E-state index is 0.0225. The predicted molar refractivity (Wildman–Crippen MR) is 82.3 cm³/mol. The van der Waals surface area contributed by atoms with Gasteiger partial charge >= 0.3 is 0 Å². The van der Waals surface area contributed by atoms with E-state index in [9.17, 15) is 4.39 Å². The lowest BCUT2D eigenvalue weighted by molar-refractivity contribution is 0.406. The minimum Gasteiger partial charge on any atom is -0.497 e. The zero-order valence-electron chi connectivity index (χ0n) is 12.4. The first kappa shape index (κ1) is 14.1. The average Bonchev–Trinajstić information content (AvgIpc) is 2.49. The SMILES string of the molecule is CNC(CC1Cc2ccccc21)c1ccc(OC)cc1F. The number of halogens is 1. The molecule has 1 aliphatic rings. The molecule has 1 aliphatic carbocycles. The Balaban J connectivity index is 1.78. The summed E-state index contributed by atoms with van der Waals surface area (Å²) in [6.45, 7) is 0. The van der Waals surface area contributed by atoms with Gasteiger partial charge in [0.1, 0.15) is 11.6 Å². The molecule has 2 unspecified atom stereocenters. The van der Waals surface area contributed by atoms with Crippen molar-refractivity contribution in [1.29, 1.82) is 0 Å². The fourth-order valence-electron chi connectivity index (χ4n) is 3.18. The quantitative estimate of drug-likeness (QED) is 0.901. The van der Waals surface area contributed by atoms with Crippen molar-refractivity contribution >= 4 is 0 Å². The number of benzene rings is 2. The summed E-state index contributed by atoms with van der Waals surface area (Å²) in [6.07, 6.45) is 2.00. The highest BCUT2D eigenvalue weighted by Crippen LogP contribution is 2.41. The van der Waals surface area contributed by atoms with Gasteiger partial charge < -0.3 is 10.1 Å². The molecule has 0 radical (unpaired) electrons. The third-order valence-corrected chi connectivity index (χ3v) is 4.41. The molecule has 21 heavy (non-hydrogen) atoms. The van der Waals surface area contributed by atoms with Gasteiger partial charge in [-0.2, -0.15) is 0 Å². The van der Waals surface area contributed by atoms with Crippen molar-refractivity contribution < 1.29 is 9.13 Å². The van der Waals surface area contributed by atoms with Crippen LogP contribution in [0.15, 0.2) is 42.5 Å². The van der Waals surface area contributed by atoms with Crippen LogP contribution in [0.25, 0.3) is 0 Å². The van der Waals surface area contributed by atoms with Crippen molar-refractivity contribution in [2.45, 2.75) is 24.8 Å². The molecule has 2 atom stereocenters. The van der Waals surface area contributed by atoms with E-state index in [0.29, 0.717) is 17.2 Å². The van der Waals surface area contributed by atoms with E-state index in [1.165, 1.54) is 17.2 Å². The van der Waals surface area contributed by atoms with Gasteiger partial charge in [0, 0.05) is 17.7 Å². The van der Waals surface area contributed by atoms with Crippen LogP contribution in [0, 0.1) is 5.82 Å². The summed E-state index contributed by atoms with van der Waals surface area (Å²) in [7, 11) is 3.44. The van der Waals surface area contributed by atoms with Crippen LogP contribution in [0.3, 0.4) is 0 Å². The van der Waals surface area contributed by atoms with Crippen LogP contribution in [-0.2, 0) is 6.42 Å². The van der Waals surface area contributed by atoms with Gasteiger partial charge in [0.05, 0.1) is 7.11 Å². The molecule has 2 aromatic rings. The molecule has 0 bridgehead atoms. The van der Waals surface area contributed by atoms with E-state index in [1.807, 2.05) is 19.2 Å². The van der Waals surface area contributed by atoms with E-state index < -0.39 is 0 Å². The predicted octanol–water partition coefficient (Wildman–Crippen LogP) is 3.82. The van der Waals surface area contributed by atoms with Crippen molar-refractivity contribution in [3.05, 3.63) is 65.0 Å². The van der Waals surface area contributed by atoms with Gasteiger partial charge in [-0.15, -0.1) is 0 Å². The largest absolute Gasteiger partial charge is 0.497 e. The highest BCUT2D eigenvalue weighted by atomic mass is 19.1. The maximum atomic E-state index is 14.2. The summed E-state index contributed by atoms with van der Waals surface area (Å²) in [5.74, 6) is 0.863. The number of fused-ring (bicyclic) bond motifs is 1. The monoisotopic (exact) mass is 285 g/mol. The summed E-state index contributed by atoms with van der Waals surface area (Å²) in [5.41, 5.74) is 3.54. The van der Waals surface area contributed by atoms with E-state index in [0.717, 1.165) is 12.8 Å². The van der Waals surface area contributed by atoms with Crippen molar-refractivity contribution in [2.75, 3.05) is 14.2 Å². The lowest BCUT2D eigenvalue weighted by Gasteiger charge is -2.33. The molecule has 0 fully saturated rings. The molecule has 0 heterocycles. The topological polar surface area (TPSA) is 21.3 Å². The zero-order chi connectivity index (χ0) is 14.8. The summed E-state index contributed by atoms with van der Waals surface area (Å²) in [6, 6.07) is 13.6. The number of hydrogen-bond donors (Lipinski definition) is 1. The number of methoxy groups -OCH3 is 1. The summed E-state index contributed by atoms with van der Waals surface area (Å²) in [4.78, 5) is 0. The molecule has 0 saturated carbocycles. The van der Waals surface area contributed by atoms with E-state index >= 15 is 0 Å². The first-order valence-electron chi connectivity index (χ1n) is 7.31. The van der Waals surface area contributed by atoms with Crippen LogP contribution in [-0.4, -0.2) is 14.2 Å². The Morgan fingerprint density at radius 3 is 2.76 bits per heavy atom. The Labute approximate surface area is 125 Å². The van der Waals surface area contributed by atoms with Crippen LogP contribution in [0.4, 0.5) is 4.39 Å². The number of hydrogen-bond acceptors (Lipinski definition) is 2. The lowest BCUT2D eigenvalue weighted by Crippen LogP contribution is -2.25. The molecular weight excluding hydrogens is 265 g/mol. The maximum absolute atomic E-state index is 14.2. The first-order valence-corrected chi connectivity index (χ1v) is 7.31. The molecule has 0 amide bonds. The van der Waals surface area contributed by atoms with E-state index in [-0.39, 0.29) is 11.9 Å². The Hall–Kier alpha value is -1.87. The standard InChI is InChI=1S/C18H20FNO/c1-20-18(16-8-7-14(21-2)11-17(16)19)10-13-9-12-5-3-4-6-15(12)13/h3-8,11,13,18,20H,9-10H2,1-2H3. The lowest BCUT2D eigenvalue weighted by atomic mass is 9.74. The summed E-state index contributed by atoms with van der Waals surface area (Å²) < 4.78 is 19.3. The van der Waals surface area contributed by atoms with Gasteiger partial charge in [-0.25, -0.2) is 4.39 Å². The van der Waals surface area contributed by atoms with Crippen LogP contribution in [0.2, 0.25) is 0 Å². The second-order valence-electron chi connectivity index (χ2n) is 5.56. The molecule has 0 aromatic heterocycles. The van der Waals surface area contributed by atoms with E-state index in [2.05, 4.69) is 29.6 Å². The van der Waals surface area contributed by atoms with Crippen molar-refractivity contribution in [2.24, 2.45) is 0 Å². The molecule has 0 spiro atoms. The molecular formula is C18H20FNO. The highest BCUT2D eigenvalue weighted by molar-refractivity contribution is 5.40. The third-order valence-electron chi connectivity index (χ3n) is 4.41. The Bertz CT molecular complexity index is 641. The molecule has 3 heteroatoms. The normalized spacial score (nSPS) is 17.8. The van der Waals surface area contributed by atoms with Crippen molar-refractivity contribution in [3.63, 3.8) is 0 Å². The fraction of sp³-hybridized carbons (Fsp3) is 0.333. The van der Waals surface area contributed by atoms with Gasteiger partial charge in [0.25, 0.3) is 0 Å². The van der Waals surface area contributed by atoms with Crippen molar-refractivity contribution in [1.82, 2.24) is 5.32 Å². The van der Waals surface area contributed by atoms with Gasteiger partial charge in [-0.05, 0) is 43.0 Å². The first-order chi connectivity index (χ1) is 10.2. The molecule has 2 aromatic carbocycles. The van der Waals surface area contributed by atoms with Gasteiger partial charge in [-0.3, -0.25) is 0 Å². The molecule has 0 saturated heterocycles. The molecule has 110 valence electrons. The molecule has 3 rings (SSSR count). The summed E-state index contributed by atoms with van der Waals surface area (Å²) >= 11 is 0. The maximum Gasteiger partial charge on any atom is 0.131 e. The Morgan fingerprint density at radius 1 is 1.29 bits per heavy atom. The minimum atomic E-state index is -0.207. The smallest absolute Gasteiger partial charge is 0.131 e. The molecule has 0 aliphatic heterocycles. The Morgan fingerprint density at radius 2 is 2.10 bits per heavy atom. The van der Waals surface area contributed by atoms with Crippen LogP contribution in [0.5, 0.6) is 5.75 Å². The van der Waals surface area contributed by atoms with E-state index in [1.54, 1.807) is 7.11 Å². The summed E-state index contributed by atoms with van der Waals surface area (Å²) in [5, 5.41) is 3.25. The van der Waals surface area contributed by atoms with Gasteiger partial charge in [0.2, 0.25) is 0 Å². The second kappa shape index (κ2) is 5.86. The Kier molecular flexibility index (Phi) is 3.93. The second-order valence-corrected chi connectivity index (χ2v) is 5.56. The van der Waals surface area contributed by atoms with Gasteiger partial charge in [0.15, 0.2) is 0 Å². The third kappa shape index (κ3) is 2.66. The van der Waals surface area contributed by atoms with Gasteiger partial charge in [-0.1, -0.05) is 30.3 Å². The molecule has 1 N–H and O–H groups in total. The fourth-order valence-corrected chi connectivity index (χ4v) is 3.18. The van der Waals surface area contributed by atoms with Crippen LogP contribution in [0.1, 0.15) is 35.1 Å². The van der Waals surface area contributed by atoms with E-state index in [4.69, 9.17) is 4.74 Å². The number of rotatable bonds is 5.